The minimum atomic E-state index is -3.67. The summed E-state index contributed by atoms with van der Waals surface area (Å²) in [4.78, 5) is 13.7. The number of hydrogen-bond acceptors (Lipinski definition) is 5. The Morgan fingerprint density at radius 2 is 2.10 bits per heavy atom. The lowest BCUT2D eigenvalue weighted by Crippen LogP contribution is -2.25. The molecule has 0 saturated heterocycles. The molecule has 0 saturated carbocycles. The molecular formula is C14H20N2O4S. The van der Waals surface area contributed by atoms with E-state index in [0.717, 1.165) is 0 Å². The molecule has 0 aliphatic carbocycles. The molecular weight excluding hydrogens is 292 g/mol. The molecule has 1 aromatic carbocycles. The van der Waals surface area contributed by atoms with Crippen LogP contribution in [0.3, 0.4) is 0 Å². The van der Waals surface area contributed by atoms with Crippen LogP contribution in [0.1, 0.15) is 16.8 Å². The molecule has 0 heterocycles. The van der Waals surface area contributed by atoms with E-state index in [9.17, 15) is 13.2 Å². The van der Waals surface area contributed by atoms with E-state index in [0.29, 0.717) is 12.0 Å². The van der Waals surface area contributed by atoms with Crippen LogP contribution in [0.25, 0.3) is 0 Å². The maximum Gasteiger partial charge on any atom is 0.240 e. The van der Waals surface area contributed by atoms with E-state index in [1.807, 2.05) is 0 Å². The largest absolute Gasteiger partial charge is 0.396 e. The molecule has 7 heteroatoms. The summed E-state index contributed by atoms with van der Waals surface area (Å²) in [5.74, 6) is -0.267. The average molecular weight is 312 g/mol. The predicted molar refractivity (Wildman–Crippen MR) is 80.5 cm³/mol. The Kier molecular flexibility index (Phi) is 6.54. The highest BCUT2D eigenvalue weighted by Gasteiger charge is 2.14. The number of benzene rings is 1. The third-order valence-electron chi connectivity index (χ3n) is 2.58. The van der Waals surface area contributed by atoms with Gasteiger partial charge in [0, 0.05) is 45.1 Å². The van der Waals surface area contributed by atoms with E-state index in [1.54, 1.807) is 31.3 Å². The first kappa shape index (κ1) is 17.4. The van der Waals surface area contributed by atoms with Crippen LogP contribution in [0.5, 0.6) is 0 Å². The Balaban J connectivity index is 2.92. The summed E-state index contributed by atoms with van der Waals surface area (Å²) in [5, 5.41) is 8.66. The molecule has 1 aromatic rings. The minimum Gasteiger partial charge on any atom is -0.396 e. The molecule has 21 heavy (non-hydrogen) atoms. The topological polar surface area (TPSA) is 86.7 Å². The Hall–Kier alpha value is -1.70. The molecule has 0 bridgehead atoms. The van der Waals surface area contributed by atoms with Crippen LogP contribution in [0.2, 0.25) is 0 Å². The lowest BCUT2D eigenvalue weighted by atomic mass is 10.1. The molecule has 0 aliphatic rings. The van der Waals surface area contributed by atoms with Crippen molar-refractivity contribution < 1.29 is 18.3 Å². The summed E-state index contributed by atoms with van der Waals surface area (Å²) in [7, 11) is -0.0928. The van der Waals surface area contributed by atoms with E-state index in [2.05, 4.69) is 4.72 Å². The summed E-state index contributed by atoms with van der Waals surface area (Å²) in [6.07, 6.45) is 3.32. The second kappa shape index (κ2) is 7.92. The van der Waals surface area contributed by atoms with Crippen molar-refractivity contribution in [2.24, 2.45) is 0 Å². The lowest BCUT2D eigenvalue weighted by molar-refractivity contribution is 0.104. The number of sulfonamides is 1. The molecule has 0 aliphatic heterocycles. The van der Waals surface area contributed by atoms with Gasteiger partial charge >= 0.3 is 0 Å². The first-order chi connectivity index (χ1) is 9.86. The molecule has 0 fully saturated rings. The third-order valence-corrected chi connectivity index (χ3v) is 4.04. The number of aliphatic hydroxyl groups is 1. The summed E-state index contributed by atoms with van der Waals surface area (Å²) in [6.45, 7) is 0.0634. The number of allylic oxidation sites excluding steroid dienone is 1. The predicted octanol–water partition coefficient (Wildman–Crippen LogP) is 0.605. The fourth-order valence-corrected chi connectivity index (χ4v) is 2.62. The van der Waals surface area contributed by atoms with Gasteiger partial charge < -0.3 is 10.0 Å². The SMILES string of the molecule is CN(C)/C=C/C(=O)c1cccc(S(=O)(=O)NCCCO)c1. The Labute approximate surface area is 125 Å². The van der Waals surface area contributed by atoms with Gasteiger partial charge in [0.25, 0.3) is 0 Å². The van der Waals surface area contributed by atoms with E-state index < -0.39 is 10.0 Å². The normalized spacial score (nSPS) is 11.8. The quantitative estimate of drug-likeness (QED) is 0.417. The van der Waals surface area contributed by atoms with E-state index in [1.165, 1.54) is 24.3 Å². The monoisotopic (exact) mass is 312 g/mol. The second-order valence-electron chi connectivity index (χ2n) is 4.65. The fraction of sp³-hybridized carbons (Fsp3) is 0.357. The molecule has 0 radical (unpaired) electrons. The van der Waals surface area contributed by atoms with Crippen molar-refractivity contribution in [2.45, 2.75) is 11.3 Å². The first-order valence-corrected chi connectivity index (χ1v) is 7.94. The number of rotatable bonds is 8. The van der Waals surface area contributed by atoms with Crippen molar-refractivity contribution in [1.29, 1.82) is 0 Å². The van der Waals surface area contributed by atoms with Gasteiger partial charge in [0.15, 0.2) is 5.78 Å². The van der Waals surface area contributed by atoms with Crippen LogP contribution in [0.15, 0.2) is 41.4 Å². The van der Waals surface area contributed by atoms with Gasteiger partial charge in [0.1, 0.15) is 0 Å². The average Bonchev–Trinajstić information content (AvgIpc) is 2.45. The molecule has 0 aromatic heterocycles. The molecule has 0 unspecified atom stereocenters. The Morgan fingerprint density at radius 1 is 1.38 bits per heavy atom. The Bertz CT molecular complexity index is 609. The minimum absolute atomic E-state index is 0.0320. The van der Waals surface area contributed by atoms with Crippen molar-refractivity contribution in [1.82, 2.24) is 9.62 Å². The van der Waals surface area contributed by atoms with Crippen LogP contribution < -0.4 is 4.72 Å². The zero-order valence-corrected chi connectivity index (χ0v) is 12.9. The summed E-state index contributed by atoms with van der Waals surface area (Å²) < 4.78 is 26.4. The van der Waals surface area contributed by atoms with Gasteiger partial charge in [-0.1, -0.05) is 12.1 Å². The van der Waals surface area contributed by atoms with E-state index in [-0.39, 0.29) is 23.8 Å². The van der Waals surface area contributed by atoms with Crippen molar-refractivity contribution >= 4 is 15.8 Å². The van der Waals surface area contributed by atoms with Gasteiger partial charge in [-0.15, -0.1) is 0 Å². The fourth-order valence-electron chi connectivity index (χ4n) is 1.50. The molecule has 0 spiro atoms. The van der Waals surface area contributed by atoms with Gasteiger partial charge in [0.2, 0.25) is 10.0 Å². The summed E-state index contributed by atoms with van der Waals surface area (Å²) in [5.41, 5.74) is 0.304. The molecule has 2 N–H and O–H groups in total. The van der Waals surface area contributed by atoms with Gasteiger partial charge in [-0.25, -0.2) is 13.1 Å². The number of aliphatic hydroxyl groups excluding tert-OH is 1. The third kappa shape index (κ3) is 5.66. The number of hydrogen-bond donors (Lipinski definition) is 2. The van der Waals surface area contributed by atoms with Crippen molar-refractivity contribution in [3.05, 3.63) is 42.1 Å². The molecule has 0 amide bonds. The van der Waals surface area contributed by atoms with E-state index >= 15 is 0 Å². The molecule has 6 nitrogen and oxygen atoms in total. The standard InChI is InChI=1S/C14H20N2O4S/c1-16(2)9-7-14(18)12-5-3-6-13(11-12)21(19,20)15-8-4-10-17/h3,5-7,9,11,15,17H,4,8,10H2,1-2H3/b9-7+. The zero-order valence-electron chi connectivity index (χ0n) is 12.1. The van der Waals surface area contributed by atoms with Crippen molar-refractivity contribution in [2.75, 3.05) is 27.2 Å². The smallest absolute Gasteiger partial charge is 0.240 e. The highest BCUT2D eigenvalue weighted by atomic mass is 32.2. The van der Waals surface area contributed by atoms with Gasteiger partial charge in [-0.3, -0.25) is 4.79 Å². The van der Waals surface area contributed by atoms with Gasteiger partial charge in [-0.05, 0) is 18.6 Å². The summed E-state index contributed by atoms with van der Waals surface area (Å²) >= 11 is 0. The van der Waals surface area contributed by atoms with Crippen LogP contribution >= 0.6 is 0 Å². The van der Waals surface area contributed by atoms with Crippen LogP contribution in [-0.2, 0) is 10.0 Å². The lowest BCUT2D eigenvalue weighted by Gasteiger charge is -2.07. The first-order valence-electron chi connectivity index (χ1n) is 6.46. The van der Waals surface area contributed by atoms with Crippen LogP contribution in [0, 0.1) is 0 Å². The number of carbonyl (C=O) groups is 1. The van der Waals surface area contributed by atoms with Crippen LogP contribution in [0.4, 0.5) is 0 Å². The van der Waals surface area contributed by atoms with Crippen molar-refractivity contribution in [3.8, 4) is 0 Å². The number of nitrogens with one attached hydrogen (secondary N) is 1. The summed E-state index contributed by atoms with van der Waals surface area (Å²) in [6, 6.07) is 5.85. The highest BCUT2D eigenvalue weighted by Crippen LogP contribution is 2.12. The highest BCUT2D eigenvalue weighted by molar-refractivity contribution is 7.89. The Morgan fingerprint density at radius 3 is 2.71 bits per heavy atom. The maximum absolute atomic E-state index is 12.0. The van der Waals surface area contributed by atoms with Crippen molar-refractivity contribution in [3.63, 3.8) is 0 Å². The molecule has 1 rings (SSSR count). The number of ketones is 1. The second-order valence-corrected chi connectivity index (χ2v) is 6.41. The number of nitrogens with zero attached hydrogens (tertiary/aromatic N) is 1. The van der Waals surface area contributed by atoms with E-state index in [4.69, 9.17) is 5.11 Å². The number of carbonyl (C=O) groups excluding carboxylic acids is 1. The zero-order chi connectivity index (χ0) is 15.9. The maximum atomic E-state index is 12.0. The van der Waals surface area contributed by atoms with Crippen LogP contribution in [-0.4, -0.2) is 51.5 Å². The van der Waals surface area contributed by atoms with Gasteiger partial charge in [0.05, 0.1) is 4.90 Å². The van der Waals surface area contributed by atoms with Gasteiger partial charge in [-0.2, -0.15) is 0 Å². The molecule has 116 valence electrons. The molecule has 0 atom stereocenters.